The third-order valence-electron chi connectivity index (χ3n) is 5.13. The summed E-state index contributed by atoms with van der Waals surface area (Å²) in [6, 6.07) is 18.2. The van der Waals surface area contributed by atoms with Gasteiger partial charge in [0.1, 0.15) is 6.10 Å². The molecule has 1 aliphatic heterocycles. The fourth-order valence-electron chi connectivity index (χ4n) is 3.43. The molecule has 1 fully saturated rings. The topological polar surface area (TPSA) is 41.6 Å². The quantitative estimate of drug-likeness (QED) is 0.396. The molecule has 0 bridgehead atoms. The maximum atomic E-state index is 12.4. The standard InChI is InChI=1S/C25H31NO2/c1-2-3-4-5-6-7-11-16-21-17-12-13-18-22(21)23-24(28-23)25(27)26-19-20-14-9-8-10-15-20/h8-18,23-24H,2-7,19H2,1H3,(H,26,27). The van der Waals surface area contributed by atoms with Gasteiger partial charge in [-0.3, -0.25) is 4.79 Å². The van der Waals surface area contributed by atoms with Gasteiger partial charge in [0.25, 0.3) is 5.91 Å². The lowest BCUT2D eigenvalue weighted by molar-refractivity contribution is -0.122. The summed E-state index contributed by atoms with van der Waals surface area (Å²) in [7, 11) is 0. The summed E-state index contributed by atoms with van der Waals surface area (Å²) in [5.74, 6) is -0.0384. The second kappa shape index (κ2) is 10.8. The van der Waals surface area contributed by atoms with Crippen LogP contribution < -0.4 is 5.32 Å². The summed E-state index contributed by atoms with van der Waals surface area (Å²) < 4.78 is 5.72. The van der Waals surface area contributed by atoms with Crippen LogP contribution in [0, 0.1) is 0 Å². The fraction of sp³-hybridized carbons (Fsp3) is 0.400. The van der Waals surface area contributed by atoms with Gasteiger partial charge in [-0.1, -0.05) is 99.4 Å². The molecule has 3 nitrogen and oxygen atoms in total. The van der Waals surface area contributed by atoms with Crippen LogP contribution in [-0.2, 0) is 16.1 Å². The summed E-state index contributed by atoms with van der Waals surface area (Å²) in [6.45, 7) is 2.78. The molecule has 28 heavy (non-hydrogen) atoms. The van der Waals surface area contributed by atoms with E-state index in [0.29, 0.717) is 6.54 Å². The molecule has 0 aliphatic carbocycles. The van der Waals surface area contributed by atoms with Gasteiger partial charge < -0.3 is 10.1 Å². The van der Waals surface area contributed by atoms with Crippen LogP contribution in [0.2, 0.25) is 0 Å². The van der Waals surface area contributed by atoms with Crippen molar-refractivity contribution in [2.75, 3.05) is 0 Å². The summed E-state index contributed by atoms with van der Waals surface area (Å²) in [5.41, 5.74) is 3.35. The highest BCUT2D eigenvalue weighted by atomic mass is 16.6. The number of unbranched alkanes of at least 4 members (excludes halogenated alkanes) is 5. The number of carbonyl (C=O) groups excluding carboxylic acids is 1. The zero-order valence-corrected chi connectivity index (χ0v) is 16.8. The molecule has 3 heteroatoms. The van der Waals surface area contributed by atoms with Gasteiger partial charge in [-0.25, -0.2) is 0 Å². The van der Waals surface area contributed by atoms with E-state index in [-0.39, 0.29) is 18.1 Å². The van der Waals surface area contributed by atoms with Crippen molar-refractivity contribution in [3.8, 4) is 0 Å². The summed E-state index contributed by atoms with van der Waals surface area (Å²) in [5, 5.41) is 2.97. The Labute approximate surface area is 168 Å². The van der Waals surface area contributed by atoms with Gasteiger partial charge in [0.15, 0.2) is 6.10 Å². The van der Waals surface area contributed by atoms with Crippen LogP contribution in [0.5, 0.6) is 0 Å². The van der Waals surface area contributed by atoms with E-state index in [0.717, 1.165) is 23.1 Å². The predicted octanol–water partition coefficient (Wildman–Crippen LogP) is 5.82. The monoisotopic (exact) mass is 377 g/mol. The Morgan fingerprint density at radius 1 is 1.00 bits per heavy atom. The van der Waals surface area contributed by atoms with E-state index in [4.69, 9.17) is 4.74 Å². The zero-order chi connectivity index (χ0) is 19.6. The Bertz CT molecular complexity index is 769. The second-order valence-electron chi connectivity index (χ2n) is 7.41. The van der Waals surface area contributed by atoms with E-state index in [1.807, 2.05) is 42.5 Å². The molecule has 1 saturated heterocycles. The summed E-state index contributed by atoms with van der Waals surface area (Å²) in [4.78, 5) is 12.4. The van der Waals surface area contributed by atoms with Crippen molar-refractivity contribution in [1.29, 1.82) is 0 Å². The Morgan fingerprint density at radius 3 is 2.57 bits per heavy atom. The van der Waals surface area contributed by atoms with E-state index in [1.165, 1.54) is 32.1 Å². The fourth-order valence-corrected chi connectivity index (χ4v) is 3.43. The summed E-state index contributed by atoms with van der Waals surface area (Å²) in [6.07, 6.45) is 11.5. The van der Waals surface area contributed by atoms with Crippen LogP contribution >= 0.6 is 0 Å². The highest BCUT2D eigenvalue weighted by Crippen LogP contribution is 2.40. The van der Waals surface area contributed by atoms with Crippen molar-refractivity contribution in [3.05, 3.63) is 77.4 Å². The third-order valence-corrected chi connectivity index (χ3v) is 5.13. The number of benzene rings is 2. The van der Waals surface area contributed by atoms with Crippen molar-refractivity contribution < 1.29 is 9.53 Å². The first-order valence-electron chi connectivity index (χ1n) is 10.5. The number of ether oxygens (including phenoxy) is 1. The largest absolute Gasteiger partial charge is 0.354 e. The van der Waals surface area contributed by atoms with Crippen LogP contribution in [0.3, 0.4) is 0 Å². The molecule has 0 saturated carbocycles. The van der Waals surface area contributed by atoms with Crippen molar-refractivity contribution >= 4 is 12.0 Å². The van der Waals surface area contributed by atoms with E-state index >= 15 is 0 Å². The number of amides is 1. The molecule has 1 amide bonds. The highest BCUT2D eigenvalue weighted by molar-refractivity contribution is 5.84. The highest BCUT2D eigenvalue weighted by Gasteiger charge is 2.46. The minimum atomic E-state index is -0.382. The molecule has 3 rings (SSSR count). The number of hydrogen-bond donors (Lipinski definition) is 1. The van der Waals surface area contributed by atoms with Crippen LogP contribution in [-0.4, -0.2) is 12.0 Å². The molecule has 1 aliphatic rings. The molecule has 0 spiro atoms. The molecule has 148 valence electrons. The van der Waals surface area contributed by atoms with Gasteiger partial charge in [0.2, 0.25) is 0 Å². The number of allylic oxidation sites excluding steroid dienone is 1. The Hall–Kier alpha value is -2.39. The SMILES string of the molecule is CCCCCCCC=Cc1ccccc1C1OC1C(=O)NCc1ccccc1. The molecule has 2 unspecified atom stereocenters. The molecule has 0 aromatic heterocycles. The second-order valence-corrected chi connectivity index (χ2v) is 7.41. The van der Waals surface area contributed by atoms with E-state index in [1.54, 1.807) is 0 Å². The van der Waals surface area contributed by atoms with E-state index in [2.05, 4.69) is 36.5 Å². The smallest absolute Gasteiger partial charge is 0.252 e. The normalized spacial score (nSPS) is 18.3. The molecule has 2 atom stereocenters. The number of epoxide rings is 1. The average molecular weight is 378 g/mol. The van der Waals surface area contributed by atoms with Crippen LogP contribution in [0.1, 0.15) is 68.2 Å². The lowest BCUT2D eigenvalue weighted by atomic mass is 10.0. The molecular weight excluding hydrogens is 346 g/mol. The Balaban J connectivity index is 1.49. The predicted molar refractivity (Wildman–Crippen MR) is 115 cm³/mol. The van der Waals surface area contributed by atoms with Gasteiger partial charge >= 0.3 is 0 Å². The van der Waals surface area contributed by atoms with Crippen LogP contribution in [0.4, 0.5) is 0 Å². The maximum absolute atomic E-state index is 12.4. The molecule has 1 N–H and O–H groups in total. The summed E-state index contributed by atoms with van der Waals surface area (Å²) >= 11 is 0. The van der Waals surface area contributed by atoms with Gasteiger partial charge in [-0.15, -0.1) is 0 Å². The molecule has 1 heterocycles. The minimum Gasteiger partial charge on any atom is -0.354 e. The van der Waals surface area contributed by atoms with Gasteiger partial charge in [-0.05, 0) is 29.5 Å². The van der Waals surface area contributed by atoms with Crippen molar-refractivity contribution in [2.45, 2.75) is 64.2 Å². The van der Waals surface area contributed by atoms with Crippen LogP contribution in [0.25, 0.3) is 6.08 Å². The first-order chi connectivity index (χ1) is 13.8. The average Bonchev–Trinajstić information content (AvgIpc) is 3.53. The van der Waals surface area contributed by atoms with E-state index < -0.39 is 0 Å². The lowest BCUT2D eigenvalue weighted by Gasteiger charge is -2.05. The Morgan fingerprint density at radius 2 is 1.75 bits per heavy atom. The van der Waals surface area contributed by atoms with Crippen molar-refractivity contribution in [3.63, 3.8) is 0 Å². The lowest BCUT2D eigenvalue weighted by Crippen LogP contribution is -2.27. The zero-order valence-electron chi connectivity index (χ0n) is 16.8. The first kappa shape index (κ1) is 20.3. The number of hydrogen-bond acceptors (Lipinski definition) is 2. The Kier molecular flexibility index (Phi) is 7.86. The van der Waals surface area contributed by atoms with Gasteiger partial charge in [0.05, 0.1) is 0 Å². The first-order valence-corrected chi connectivity index (χ1v) is 10.5. The maximum Gasteiger partial charge on any atom is 0.252 e. The van der Waals surface area contributed by atoms with Gasteiger partial charge in [-0.2, -0.15) is 0 Å². The minimum absolute atomic E-state index is 0.0384. The van der Waals surface area contributed by atoms with Gasteiger partial charge in [0, 0.05) is 6.54 Å². The van der Waals surface area contributed by atoms with Crippen molar-refractivity contribution in [1.82, 2.24) is 5.32 Å². The number of rotatable bonds is 11. The van der Waals surface area contributed by atoms with Crippen LogP contribution in [0.15, 0.2) is 60.7 Å². The third kappa shape index (κ3) is 6.07. The van der Waals surface area contributed by atoms with E-state index in [9.17, 15) is 4.79 Å². The molecular formula is C25H31NO2. The number of nitrogens with one attached hydrogen (secondary N) is 1. The molecule has 0 radical (unpaired) electrons. The molecule has 2 aromatic carbocycles. The molecule has 2 aromatic rings. The number of carbonyl (C=O) groups is 1. The van der Waals surface area contributed by atoms with Crippen molar-refractivity contribution in [2.24, 2.45) is 0 Å².